The molecule has 0 radical (unpaired) electrons. The van der Waals surface area contributed by atoms with E-state index in [1.54, 1.807) is 9.47 Å². The topological polar surface area (TPSA) is 94.9 Å². The minimum atomic E-state index is -0.794. The van der Waals surface area contributed by atoms with Crippen molar-refractivity contribution in [3.8, 4) is 0 Å². The fourth-order valence-corrected chi connectivity index (χ4v) is 4.92. The minimum absolute atomic E-state index is 0.0873. The Balaban J connectivity index is 1.38. The summed E-state index contributed by atoms with van der Waals surface area (Å²) in [4.78, 5) is 42.0. The van der Waals surface area contributed by atoms with Crippen molar-refractivity contribution in [3.05, 3.63) is 69.1 Å². The van der Waals surface area contributed by atoms with E-state index in [1.807, 2.05) is 0 Å². The van der Waals surface area contributed by atoms with Crippen molar-refractivity contribution in [1.82, 2.24) is 19.7 Å². The van der Waals surface area contributed by atoms with Gasteiger partial charge < -0.3 is 19.9 Å². The number of piperidine rings is 1. The summed E-state index contributed by atoms with van der Waals surface area (Å²) in [5, 5.41) is 12.8. The second-order valence-electron chi connectivity index (χ2n) is 8.46. The number of hydrogen-bond acceptors (Lipinski definition) is 5. The first-order chi connectivity index (χ1) is 15.3. The van der Waals surface area contributed by atoms with Crippen LogP contribution in [0.15, 0.2) is 35.3 Å². The van der Waals surface area contributed by atoms with Gasteiger partial charge in [0.05, 0.1) is 18.7 Å². The number of pyridine rings is 1. The third kappa shape index (κ3) is 3.39. The number of nitrogens with zero attached hydrogens (tertiary/aromatic N) is 3. The Hall–Kier alpha value is -3.11. The van der Waals surface area contributed by atoms with Gasteiger partial charge in [0, 0.05) is 43.5 Å². The summed E-state index contributed by atoms with van der Waals surface area (Å²) < 4.78 is 28.5. The molecule has 1 aromatic heterocycles. The predicted molar refractivity (Wildman–Crippen MR) is 109 cm³/mol. The predicted octanol–water partition coefficient (Wildman–Crippen LogP) is 0.677. The Morgan fingerprint density at radius 1 is 1.19 bits per heavy atom. The highest BCUT2D eigenvalue weighted by Gasteiger charge is 2.48. The van der Waals surface area contributed by atoms with E-state index >= 15 is 0 Å². The zero-order valence-electron chi connectivity index (χ0n) is 17.1. The number of nitrogens with one attached hydrogen (secondary N) is 1. The van der Waals surface area contributed by atoms with Crippen molar-refractivity contribution in [2.24, 2.45) is 0 Å². The van der Waals surface area contributed by atoms with E-state index in [0.29, 0.717) is 19.5 Å². The monoisotopic (exact) mass is 444 g/mol. The molecule has 3 unspecified atom stereocenters. The fraction of sp³-hybridized carbons (Fsp3) is 0.409. The molecule has 2 amide bonds. The molecule has 3 aliphatic rings. The average molecular weight is 444 g/mol. The summed E-state index contributed by atoms with van der Waals surface area (Å²) in [7, 11) is 0. The zero-order chi connectivity index (χ0) is 22.6. The van der Waals surface area contributed by atoms with E-state index in [9.17, 15) is 28.3 Å². The normalized spacial score (nSPS) is 24.7. The summed E-state index contributed by atoms with van der Waals surface area (Å²) in [6.07, 6.45) is 2.14. The van der Waals surface area contributed by atoms with Gasteiger partial charge in [0.2, 0.25) is 0 Å². The van der Waals surface area contributed by atoms with Crippen molar-refractivity contribution in [2.45, 2.75) is 44.2 Å². The van der Waals surface area contributed by atoms with Crippen LogP contribution in [0.5, 0.6) is 0 Å². The number of benzene rings is 1. The quantitative estimate of drug-likeness (QED) is 0.726. The Morgan fingerprint density at radius 2 is 2.00 bits per heavy atom. The van der Waals surface area contributed by atoms with E-state index in [4.69, 9.17) is 0 Å². The molecule has 2 aromatic rings. The molecule has 2 N–H and O–H groups in total. The molecule has 2 fully saturated rings. The van der Waals surface area contributed by atoms with Gasteiger partial charge in [-0.05, 0) is 18.9 Å². The molecule has 10 heteroatoms. The molecule has 0 saturated carbocycles. The number of rotatable bonds is 3. The number of amides is 2. The van der Waals surface area contributed by atoms with Gasteiger partial charge in [-0.25, -0.2) is 8.78 Å². The first-order valence-electron chi connectivity index (χ1n) is 10.5. The molecule has 32 heavy (non-hydrogen) atoms. The minimum Gasteiger partial charge on any atom is -0.391 e. The van der Waals surface area contributed by atoms with E-state index in [2.05, 4.69) is 10.2 Å². The molecule has 3 atom stereocenters. The van der Waals surface area contributed by atoms with Crippen LogP contribution in [0.3, 0.4) is 0 Å². The smallest absolute Gasteiger partial charge is 0.271 e. The summed E-state index contributed by atoms with van der Waals surface area (Å²) in [5.74, 6) is -2.53. The summed E-state index contributed by atoms with van der Waals surface area (Å²) in [5.41, 5.74) is -0.492. The van der Waals surface area contributed by atoms with Gasteiger partial charge >= 0.3 is 0 Å². The maximum Gasteiger partial charge on any atom is 0.271 e. The van der Waals surface area contributed by atoms with Gasteiger partial charge in [0.1, 0.15) is 29.1 Å². The van der Waals surface area contributed by atoms with Gasteiger partial charge in [0.15, 0.2) is 5.43 Å². The fourth-order valence-electron chi connectivity index (χ4n) is 4.92. The van der Waals surface area contributed by atoms with Crippen LogP contribution in [-0.2, 0) is 13.1 Å². The Morgan fingerprint density at radius 3 is 2.78 bits per heavy atom. The van der Waals surface area contributed by atoms with Crippen LogP contribution >= 0.6 is 0 Å². The third-order valence-corrected chi connectivity index (χ3v) is 6.58. The molecule has 3 aliphatic heterocycles. The number of aliphatic hydroxyl groups is 1. The van der Waals surface area contributed by atoms with E-state index in [-0.39, 0.29) is 41.5 Å². The lowest BCUT2D eigenvalue weighted by atomic mass is 10.0. The van der Waals surface area contributed by atoms with Crippen molar-refractivity contribution in [3.63, 3.8) is 0 Å². The van der Waals surface area contributed by atoms with Crippen LogP contribution in [-0.4, -0.2) is 62.7 Å². The van der Waals surface area contributed by atoms with Crippen LogP contribution in [0.4, 0.5) is 8.78 Å². The van der Waals surface area contributed by atoms with Crippen molar-refractivity contribution < 1.29 is 23.5 Å². The number of hydrogen-bond donors (Lipinski definition) is 2. The lowest BCUT2D eigenvalue weighted by Gasteiger charge is -2.39. The zero-order valence-corrected chi connectivity index (χ0v) is 17.1. The van der Waals surface area contributed by atoms with Crippen LogP contribution in [0.25, 0.3) is 0 Å². The number of carbonyl (C=O) groups is 2. The third-order valence-electron chi connectivity index (χ3n) is 6.58. The maximum atomic E-state index is 13.8. The first-order valence-corrected chi connectivity index (χ1v) is 10.5. The molecule has 168 valence electrons. The summed E-state index contributed by atoms with van der Waals surface area (Å²) in [6.45, 7) is 1.33. The second kappa shape index (κ2) is 7.79. The van der Waals surface area contributed by atoms with Crippen LogP contribution in [0.2, 0.25) is 0 Å². The number of carbonyl (C=O) groups excluding carboxylic acids is 2. The van der Waals surface area contributed by atoms with Gasteiger partial charge in [0.25, 0.3) is 11.8 Å². The SMILES string of the molecule is O=C(NCc1ccc(F)cc1F)c1cn2c(cc1=O)C(=O)N1CC3C(O)CCCN3C1C2. The van der Waals surface area contributed by atoms with Crippen molar-refractivity contribution in [1.29, 1.82) is 0 Å². The Labute approximate surface area is 182 Å². The molecular formula is C22H22F2N4O4. The van der Waals surface area contributed by atoms with Crippen LogP contribution in [0, 0.1) is 11.6 Å². The molecule has 8 nitrogen and oxygen atoms in total. The number of aliphatic hydroxyl groups excluding tert-OH is 1. The largest absolute Gasteiger partial charge is 0.391 e. The van der Waals surface area contributed by atoms with Gasteiger partial charge in [-0.15, -0.1) is 0 Å². The average Bonchev–Trinajstić information content (AvgIpc) is 3.13. The number of aromatic nitrogens is 1. The van der Waals surface area contributed by atoms with E-state index < -0.39 is 29.1 Å². The standard InChI is InChI=1S/C22H22F2N4O4/c23-13-4-3-12(15(24)6-13)8-25-21(31)14-9-26-11-20-27-5-1-2-18(29)17(27)10-28(20)22(32)16(26)7-19(14)30/h3-4,6-7,9,17-18,20,29H,1-2,5,8,10-11H2,(H,25,31). The molecule has 0 aliphatic carbocycles. The van der Waals surface area contributed by atoms with Gasteiger partial charge in [-0.2, -0.15) is 0 Å². The van der Waals surface area contributed by atoms with Gasteiger partial charge in [-0.1, -0.05) is 6.07 Å². The Kier molecular flexibility index (Phi) is 5.06. The summed E-state index contributed by atoms with van der Waals surface area (Å²) in [6, 6.07) is 4.05. The number of fused-ring (bicyclic) bond motifs is 4. The van der Waals surface area contributed by atoms with Crippen molar-refractivity contribution >= 4 is 11.8 Å². The number of halogens is 2. The molecule has 0 bridgehead atoms. The molecular weight excluding hydrogens is 422 g/mol. The van der Waals surface area contributed by atoms with Crippen molar-refractivity contribution in [2.75, 3.05) is 13.1 Å². The second-order valence-corrected chi connectivity index (χ2v) is 8.46. The lowest BCUT2D eigenvalue weighted by molar-refractivity contribution is 0.00772. The van der Waals surface area contributed by atoms with E-state index in [1.165, 1.54) is 12.3 Å². The molecule has 0 spiro atoms. The molecule has 1 aromatic carbocycles. The lowest BCUT2D eigenvalue weighted by Crippen LogP contribution is -2.53. The molecule has 2 saturated heterocycles. The highest BCUT2D eigenvalue weighted by Crippen LogP contribution is 2.33. The van der Waals surface area contributed by atoms with Gasteiger partial charge in [-0.3, -0.25) is 19.3 Å². The van der Waals surface area contributed by atoms with E-state index in [0.717, 1.165) is 31.2 Å². The highest BCUT2D eigenvalue weighted by atomic mass is 19.1. The summed E-state index contributed by atoms with van der Waals surface area (Å²) >= 11 is 0. The van der Waals surface area contributed by atoms with Crippen LogP contribution < -0.4 is 10.7 Å². The molecule has 4 heterocycles. The van der Waals surface area contributed by atoms with Crippen LogP contribution in [0.1, 0.15) is 39.3 Å². The maximum absolute atomic E-state index is 13.8. The Bertz CT molecular complexity index is 1170. The molecule has 5 rings (SSSR count). The highest BCUT2D eigenvalue weighted by molar-refractivity contribution is 5.97. The first kappa shape index (κ1) is 20.8.